The molecule has 0 aromatic heterocycles. The first-order valence-corrected chi connectivity index (χ1v) is 7.90. The first-order valence-electron chi connectivity index (χ1n) is 7.90. The van der Waals surface area contributed by atoms with Crippen molar-refractivity contribution in [3.63, 3.8) is 0 Å². The van der Waals surface area contributed by atoms with Crippen LogP contribution in [0.1, 0.15) is 17.9 Å². The van der Waals surface area contributed by atoms with E-state index in [4.69, 9.17) is 9.47 Å². The fourth-order valence-corrected chi connectivity index (χ4v) is 3.11. The Hall–Kier alpha value is -2.07. The number of rotatable bonds is 4. The molecule has 1 aliphatic rings. The summed E-state index contributed by atoms with van der Waals surface area (Å²) in [5, 5.41) is 0. The maximum atomic E-state index is 13.2. The SMILES string of the molecule is COc1ccc(OC2CN(C)CCC2c2ccc(F)cc2)cc1. The smallest absolute Gasteiger partial charge is 0.123 e. The molecule has 4 heteroatoms. The minimum absolute atomic E-state index is 0.0487. The predicted octanol–water partition coefficient (Wildman–Crippen LogP) is 3.70. The van der Waals surface area contributed by atoms with Crippen LogP contribution in [0.25, 0.3) is 0 Å². The second-order valence-corrected chi connectivity index (χ2v) is 6.04. The van der Waals surface area contributed by atoms with Gasteiger partial charge in [-0.1, -0.05) is 12.1 Å². The van der Waals surface area contributed by atoms with Crippen LogP contribution in [0.3, 0.4) is 0 Å². The van der Waals surface area contributed by atoms with Crippen molar-refractivity contribution in [3.05, 3.63) is 59.9 Å². The normalized spacial score (nSPS) is 21.9. The Balaban J connectivity index is 1.78. The summed E-state index contributed by atoms with van der Waals surface area (Å²) in [5.74, 6) is 1.72. The molecule has 0 spiro atoms. The van der Waals surface area contributed by atoms with Gasteiger partial charge in [0.1, 0.15) is 23.4 Å². The summed E-state index contributed by atoms with van der Waals surface area (Å²) in [6, 6.07) is 14.4. The Bertz CT molecular complexity index is 627. The molecule has 1 fully saturated rings. The van der Waals surface area contributed by atoms with Crippen LogP contribution in [-0.4, -0.2) is 38.3 Å². The van der Waals surface area contributed by atoms with Crippen LogP contribution in [0, 0.1) is 5.82 Å². The van der Waals surface area contributed by atoms with Crippen molar-refractivity contribution in [1.82, 2.24) is 4.90 Å². The van der Waals surface area contributed by atoms with E-state index >= 15 is 0 Å². The van der Waals surface area contributed by atoms with Crippen molar-refractivity contribution in [1.29, 1.82) is 0 Å². The van der Waals surface area contributed by atoms with E-state index < -0.39 is 0 Å². The van der Waals surface area contributed by atoms with Crippen molar-refractivity contribution >= 4 is 0 Å². The lowest BCUT2D eigenvalue weighted by atomic mass is 9.87. The number of methoxy groups -OCH3 is 1. The van der Waals surface area contributed by atoms with Crippen LogP contribution in [-0.2, 0) is 0 Å². The van der Waals surface area contributed by atoms with Gasteiger partial charge < -0.3 is 14.4 Å². The summed E-state index contributed by atoms with van der Waals surface area (Å²) in [5.41, 5.74) is 1.14. The van der Waals surface area contributed by atoms with Gasteiger partial charge in [0.2, 0.25) is 0 Å². The van der Waals surface area contributed by atoms with Crippen molar-refractivity contribution in [2.45, 2.75) is 18.4 Å². The number of hydrogen-bond acceptors (Lipinski definition) is 3. The molecule has 2 atom stereocenters. The average molecular weight is 315 g/mol. The molecule has 1 aliphatic heterocycles. The Labute approximate surface area is 136 Å². The van der Waals surface area contributed by atoms with E-state index in [2.05, 4.69) is 11.9 Å². The molecule has 0 amide bonds. The molecule has 0 bridgehead atoms. The van der Waals surface area contributed by atoms with Crippen LogP contribution in [0.15, 0.2) is 48.5 Å². The van der Waals surface area contributed by atoms with Crippen LogP contribution in [0.5, 0.6) is 11.5 Å². The maximum Gasteiger partial charge on any atom is 0.123 e. The zero-order valence-corrected chi connectivity index (χ0v) is 13.5. The second kappa shape index (κ2) is 7.01. The Kier molecular flexibility index (Phi) is 4.82. The zero-order chi connectivity index (χ0) is 16.2. The first kappa shape index (κ1) is 15.8. The van der Waals surface area contributed by atoms with Gasteiger partial charge in [0.15, 0.2) is 0 Å². The topological polar surface area (TPSA) is 21.7 Å². The van der Waals surface area contributed by atoms with Gasteiger partial charge in [0.05, 0.1) is 7.11 Å². The molecule has 3 nitrogen and oxygen atoms in total. The average Bonchev–Trinajstić information content (AvgIpc) is 2.57. The molecule has 122 valence electrons. The number of piperidine rings is 1. The molecule has 0 aliphatic carbocycles. The highest BCUT2D eigenvalue weighted by atomic mass is 19.1. The van der Waals surface area contributed by atoms with E-state index in [9.17, 15) is 4.39 Å². The van der Waals surface area contributed by atoms with Gasteiger partial charge in [0.25, 0.3) is 0 Å². The predicted molar refractivity (Wildman–Crippen MR) is 88.7 cm³/mol. The molecular formula is C19H22FNO2. The third-order valence-electron chi connectivity index (χ3n) is 4.41. The maximum absolute atomic E-state index is 13.2. The highest BCUT2D eigenvalue weighted by Crippen LogP contribution is 2.31. The Morgan fingerprint density at radius 1 is 1.00 bits per heavy atom. The number of benzene rings is 2. The van der Waals surface area contributed by atoms with Crippen molar-refractivity contribution in [3.8, 4) is 11.5 Å². The number of hydrogen-bond donors (Lipinski definition) is 0. The van der Waals surface area contributed by atoms with Crippen LogP contribution in [0.4, 0.5) is 4.39 Å². The monoisotopic (exact) mass is 315 g/mol. The molecule has 23 heavy (non-hydrogen) atoms. The number of nitrogens with zero attached hydrogens (tertiary/aromatic N) is 1. The molecular weight excluding hydrogens is 293 g/mol. The molecule has 0 N–H and O–H groups in total. The lowest BCUT2D eigenvalue weighted by molar-refractivity contribution is 0.0830. The summed E-state index contributed by atoms with van der Waals surface area (Å²) in [6.07, 6.45) is 1.05. The fourth-order valence-electron chi connectivity index (χ4n) is 3.11. The van der Waals surface area contributed by atoms with Gasteiger partial charge in [-0.25, -0.2) is 4.39 Å². The van der Waals surface area contributed by atoms with E-state index in [1.807, 2.05) is 36.4 Å². The second-order valence-electron chi connectivity index (χ2n) is 6.04. The molecule has 0 radical (unpaired) electrons. The minimum atomic E-state index is -0.200. The van der Waals surface area contributed by atoms with Crippen LogP contribution >= 0.6 is 0 Å². The molecule has 1 saturated heterocycles. The number of likely N-dealkylation sites (tertiary alicyclic amines) is 1. The number of halogens is 1. The van der Waals surface area contributed by atoms with Gasteiger partial charge in [-0.15, -0.1) is 0 Å². The summed E-state index contributed by atoms with van der Waals surface area (Å²) >= 11 is 0. The lowest BCUT2D eigenvalue weighted by Crippen LogP contribution is -2.43. The fraction of sp³-hybridized carbons (Fsp3) is 0.368. The quantitative estimate of drug-likeness (QED) is 0.859. The third kappa shape index (κ3) is 3.82. The van der Waals surface area contributed by atoms with Gasteiger partial charge in [-0.05, 0) is 62.0 Å². The van der Waals surface area contributed by atoms with Crippen molar-refractivity contribution in [2.75, 3.05) is 27.2 Å². The van der Waals surface area contributed by atoms with E-state index in [1.165, 1.54) is 12.1 Å². The first-order chi connectivity index (χ1) is 11.2. The van der Waals surface area contributed by atoms with Gasteiger partial charge in [0, 0.05) is 12.5 Å². The summed E-state index contributed by atoms with van der Waals surface area (Å²) < 4.78 is 24.6. The van der Waals surface area contributed by atoms with Gasteiger partial charge in [-0.2, -0.15) is 0 Å². The highest BCUT2D eigenvalue weighted by molar-refractivity contribution is 5.32. The zero-order valence-electron chi connectivity index (χ0n) is 13.5. The van der Waals surface area contributed by atoms with Crippen LogP contribution in [0.2, 0.25) is 0 Å². The van der Waals surface area contributed by atoms with E-state index in [1.54, 1.807) is 7.11 Å². The molecule has 2 unspecified atom stereocenters. The molecule has 3 rings (SSSR count). The van der Waals surface area contributed by atoms with Crippen molar-refractivity contribution < 1.29 is 13.9 Å². The Morgan fingerprint density at radius 3 is 2.30 bits per heavy atom. The summed E-state index contributed by atoms with van der Waals surface area (Å²) in [4.78, 5) is 2.27. The number of ether oxygens (including phenoxy) is 2. The standard InChI is InChI=1S/C19H22FNO2/c1-21-12-11-18(14-3-5-15(20)6-4-14)19(13-21)23-17-9-7-16(22-2)8-10-17/h3-10,18-19H,11-13H2,1-2H3. The Morgan fingerprint density at radius 2 is 1.65 bits per heavy atom. The van der Waals surface area contributed by atoms with E-state index in [0.717, 1.165) is 36.6 Å². The minimum Gasteiger partial charge on any atom is -0.497 e. The molecule has 2 aromatic carbocycles. The highest BCUT2D eigenvalue weighted by Gasteiger charge is 2.30. The molecule has 1 heterocycles. The molecule has 2 aromatic rings. The van der Waals surface area contributed by atoms with Crippen molar-refractivity contribution in [2.24, 2.45) is 0 Å². The van der Waals surface area contributed by atoms with E-state index in [-0.39, 0.29) is 17.8 Å². The van der Waals surface area contributed by atoms with Gasteiger partial charge >= 0.3 is 0 Å². The summed E-state index contributed by atoms with van der Waals surface area (Å²) in [7, 11) is 3.75. The lowest BCUT2D eigenvalue weighted by Gasteiger charge is -2.37. The largest absolute Gasteiger partial charge is 0.497 e. The van der Waals surface area contributed by atoms with Gasteiger partial charge in [-0.3, -0.25) is 0 Å². The van der Waals surface area contributed by atoms with E-state index in [0.29, 0.717) is 0 Å². The number of likely N-dealkylation sites (N-methyl/N-ethyl adjacent to an activating group) is 1. The summed E-state index contributed by atoms with van der Waals surface area (Å²) in [6.45, 7) is 1.87. The molecule has 0 saturated carbocycles. The van der Waals surface area contributed by atoms with Crippen LogP contribution < -0.4 is 9.47 Å². The third-order valence-corrected chi connectivity index (χ3v) is 4.41.